The lowest BCUT2D eigenvalue weighted by molar-refractivity contribution is -0.141. The van der Waals surface area contributed by atoms with E-state index in [2.05, 4.69) is 22.6 Å². The van der Waals surface area contributed by atoms with Crippen molar-refractivity contribution in [3.8, 4) is 5.75 Å². The van der Waals surface area contributed by atoms with Crippen LogP contribution in [0, 0.1) is 9.49 Å². The highest BCUT2D eigenvalue weighted by atomic mass is 127. The highest BCUT2D eigenvalue weighted by molar-refractivity contribution is 14.1. The third-order valence-corrected chi connectivity index (χ3v) is 4.74. The molecule has 1 nitrogen and oxygen atoms in total. The Morgan fingerprint density at radius 1 is 1.44 bits per heavy atom. The van der Waals surface area contributed by atoms with Gasteiger partial charge in [-0.3, -0.25) is 0 Å². The number of rotatable bonds is 1. The van der Waals surface area contributed by atoms with Gasteiger partial charge in [-0.1, -0.05) is 0 Å². The predicted octanol–water partition coefficient (Wildman–Crippen LogP) is 3.59. The highest BCUT2D eigenvalue weighted by Crippen LogP contribution is 2.61. The molecular formula is C12H11F2IO. The summed E-state index contributed by atoms with van der Waals surface area (Å²) in [5, 5.41) is 0. The number of hydrogen-bond donors (Lipinski definition) is 0. The van der Waals surface area contributed by atoms with Crippen LogP contribution in [-0.4, -0.2) is 13.0 Å². The maximum absolute atomic E-state index is 13.4. The molecule has 0 radical (unpaired) electrons. The second kappa shape index (κ2) is 3.31. The quantitative estimate of drug-likeness (QED) is 0.712. The Morgan fingerprint density at radius 3 is 2.81 bits per heavy atom. The van der Waals surface area contributed by atoms with E-state index in [1.165, 1.54) is 0 Å². The minimum Gasteiger partial charge on any atom is -0.496 e. The molecule has 1 aromatic rings. The van der Waals surface area contributed by atoms with Gasteiger partial charge in [-0.15, -0.1) is 0 Å². The zero-order valence-electron chi connectivity index (χ0n) is 8.77. The summed E-state index contributed by atoms with van der Waals surface area (Å²) in [5.74, 6) is -2.16. The highest BCUT2D eigenvalue weighted by Gasteiger charge is 2.60. The first-order valence-corrected chi connectivity index (χ1v) is 6.35. The Kier molecular flexibility index (Phi) is 2.22. The number of fused-ring (bicyclic) bond motifs is 3. The zero-order valence-corrected chi connectivity index (χ0v) is 10.9. The summed E-state index contributed by atoms with van der Waals surface area (Å²) in [7, 11) is 1.60. The third-order valence-electron chi connectivity index (χ3n) is 3.80. The van der Waals surface area contributed by atoms with Crippen LogP contribution >= 0.6 is 22.6 Å². The lowest BCUT2D eigenvalue weighted by Crippen LogP contribution is -2.43. The lowest BCUT2D eigenvalue weighted by atomic mass is 9.71. The van der Waals surface area contributed by atoms with Gasteiger partial charge in [-0.2, -0.15) is 0 Å². The molecule has 1 fully saturated rings. The molecule has 2 aliphatic carbocycles. The summed E-state index contributed by atoms with van der Waals surface area (Å²) >= 11 is 2.23. The first kappa shape index (κ1) is 10.7. The summed E-state index contributed by atoms with van der Waals surface area (Å²) in [6.07, 6.45) is 0.473. The number of ether oxygens (including phenoxy) is 1. The smallest absolute Gasteiger partial charge is 0.252 e. The van der Waals surface area contributed by atoms with Crippen molar-refractivity contribution in [3.63, 3.8) is 0 Å². The number of halogens is 3. The van der Waals surface area contributed by atoms with Crippen LogP contribution in [0.4, 0.5) is 8.78 Å². The molecular weight excluding hydrogens is 325 g/mol. The third kappa shape index (κ3) is 1.25. The van der Waals surface area contributed by atoms with Crippen LogP contribution in [0.2, 0.25) is 0 Å². The molecule has 0 aliphatic heterocycles. The van der Waals surface area contributed by atoms with Gasteiger partial charge in [0.05, 0.1) is 7.11 Å². The van der Waals surface area contributed by atoms with Gasteiger partial charge in [0.15, 0.2) is 0 Å². The molecule has 0 amide bonds. The lowest BCUT2D eigenvalue weighted by Gasteiger charge is -2.40. The van der Waals surface area contributed by atoms with Crippen LogP contribution in [-0.2, 0) is 6.42 Å². The average Bonchev–Trinajstić information content (AvgIpc) is 2.56. The summed E-state index contributed by atoms with van der Waals surface area (Å²) < 4.78 is 33.1. The van der Waals surface area contributed by atoms with Crippen molar-refractivity contribution in [2.75, 3.05) is 7.11 Å². The molecule has 3 rings (SSSR count). The van der Waals surface area contributed by atoms with Crippen molar-refractivity contribution >= 4 is 22.6 Å². The Bertz CT molecular complexity index is 459. The number of methoxy groups -OCH3 is 1. The van der Waals surface area contributed by atoms with Crippen LogP contribution in [0.3, 0.4) is 0 Å². The van der Waals surface area contributed by atoms with Crippen molar-refractivity contribution in [1.82, 2.24) is 0 Å². The summed E-state index contributed by atoms with van der Waals surface area (Å²) in [4.78, 5) is 0. The first-order valence-electron chi connectivity index (χ1n) is 5.27. The number of hydrogen-bond acceptors (Lipinski definition) is 1. The van der Waals surface area contributed by atoms with Gasteiger partial charge in [-0.25, -0.2) is 8.78 Å². The topological polar surface area (TPSA) is 9.23 Å². The number of alkyl halides is 2. The molecule has 2 aliphatic rings. The maximum Gasteiger partial charge on any atom is 0.252 e. The van der Waals surface area contributed by atoms with Crippen molar-refractivity contribution in [3.05, 3.63) is 26.8 Å². The van der Waals surface area contributed by atoms with E-state index in [0.717, 1.165) is 20.4 Å². The van der Waals surface area contributed by atoms with Crippen LogP contribution in [0.5, 0.6) is 5.75 Å². The number of benzene rings is 1. The Morgan fingerprint density at radius 2 is 2.19 bits per heavy atom. The maximum atomic E-state index is 13.4. The fourth-order valence-electron chi connectivity index (χ4n) is 2.95. The normalized spacial score (nSPS) is 29.2. The minimum absolute atomic E-state index is 0.00777. The van der Waals surface area contributed by atoms with Crippen LogP contribution in [0.1, 0.15) is 23.5 Å². The van der Waals surface area contributed by atoms with Gasteiger partial charge in [0.25, 0.3) is 5.92 Å². The molecule has 16 heavy (non-hydrogen) atoms. The molecule has 0 N–H and O–H groups in total. The first-order chi connectivity index (χ1) is 7.54. The summed E-state index contributed by atoms with van der Waals surface area (Å²) in [6.45, 7) is 0. The molecule has 0 heterocycles. The van der Waals surface area contributed by atoms with E-state index >= 15 is 0 Å². The largest absolute Gasteiger partial charge is 0.496 e. The molecule has 0 saturated heterocycles. The van der Waals surface area contributed by atoms with Gasteiger partial charge in [-0.05, 0) is 58.2 Å². The Hall–Kier alpha value is -0.390. The molecule has 0 aromatic heterocycles. The molecule has 1 saturated carbocycles. The summed E-state index contributed by atoms with van der Waals surface area (Å²) in [6, 6.07) is 3.83. The van der Waals surface area contributed by atoms with Gasteiger partial charge in [0.2, 0.25) is 0 Å². The monoisotopic (exact) mass is 336 g/mol. The SMILES string of the molecule is COc1ccc(I)c2c1CC1C2CC1(F)F. The van der Waals surface area contributed by atoms with Crippen molar-refractivity contribution in [1.29, 1.82) is 0 Å². The Labute approximate surface area is 106 Å². The van der Waals surface area contributed by atoms with Gasteiger partial charge < -0.3 is 4.74 Å². The fraction of sp³-hybridized carbons (Fsp3) is 0.500. The fourth-order valence-corrected chi connectivity index (χ4v) is 3.86. The molecule has 2 atom stereocenters. The van der Waals surface area contributed by atoms with E-state index in [0.29, 0.717) is 6.42 Å². The van der Waals surface area contributed by atoms with E-state index in [4.69, 9.17) is 4.74 Å². The summed E-state index contributed by atoms with van der Waals surface area (Å²) in [5.41, 5.74) is 2.11. The average molecular weight is 336 g/mol. The van der Waals surface area contributed by atoms with Crippen molar-refractivity contribution < 1.29 is 13.5 Å². The minimum atomic E-state index is -2.47. The van der Waals surface area contributed by atoms with E-state index in [1.54, 1.807) is 7.11 Å². The molecule has 0 bridgehead atoms. The molecule has 2 unspecified atom stereocenters. The Balaban J connectivity index is 2.09. The second-order valence-electron chi connectivity index (χ2n) is 4.52. The second-order valence-corrected chi connectivity index (χ2v) is 5.69. The van der Waals surface area contributed by atoms with E-state index in [9.17, 15) is 8.78 Å². The van der Waals surface area contributed by atoms with E-state index < -0.39 is 11.8 Å². The molecule has 1 aromatic carbocycles. The molecule has 86 valence electrons. The molecule has 4 heteroatoms. The van der Waals surface area contributed by atoms with Gasteiger partial charge >= 0.3 is 0 Å². The van der Waals surface area contributed by atoms with Gasteiger partial charge in [0, 0.05) is 15.9 Å². The van der Waals surface area contributed by atoms with Gasteiger partial charge in [0.1, 0.15) is 5.75 Å². The zero-order chi connectivity index (χ0) is 11.5. The van der Waals surface area contributed by atoms with Crippen molar-refractivity contribution in [2.24, 2.45) is 5.92 Å². The van der Waals surface area contributed by atoms with E-state index in [-0.39, 0.29) is 12.3 Å². The predicted molar refractivity (Wildman–Crippen MR) is 65.2 cm³/mol. The van der Waals surface area contributed by atoms with E-state index in [1.807, 2.05) is 12.1 Å². The van der Waals surface area contributed by atoms with Crippen LogP contribution < -0.4 is 4.74 Å². The molecule has 0 spiro atoms. The van der Waals surface area contributed by atoms with Crippen LogP contribution in [0.15, 0.2) is 12.1 Å². The standard InChI is InChI=1S/C12H11F2IO/c1-16-10-3-2-9(15)11-6(10)4-8-7(11)5-12(8,13)14/h2-3,7-8H,4-5H2,1H3. The van der Waals surface area contributed by atoms with Crippen LogP contribution in [0.25, 0.3) is 0 Å². The van der Waals surface area contributed by atoms with Crippen molar-refractivity contribution in [2.45, 2.75) is 24.7 Å².